The minimum Gasteiger partial charge on any atom is -0.508 e. The SMILES string of the molecule is CCCCCCCCOCOCOCCCCCCCC.O=c1ccc2nc3ccc(O)cc3oc-2c1. The highest BCUT2D eigenvalue weighted by Gasteiger charge is 2.09. The molecule has 0 atom stereocenters. The Morgan fingerprint density at radius 3 is 1.95 bits per heavy atom. The average molecular weight is 516 g/mol. The van der Waals surface area contributed by atoms with E-state index in [1.165, 1.54) is 82.4 Å². The van der Waals surface area contributed by atoms with E-state index in [4.69, 9.17) is 18.6 Å². The lowest BCUT2D eigenvalue weighted by Crippen LogP contribution is -2.06. The van der Waals surface area contributed by atoms with Gasteiger partial charge in [0.1, 0.15) is 30.5 Å². The molecule has 0 fully saturated rings. The van der Waals surface area contributed by atoms with Crippen LogP contribution in [0.1, 0.15) is 90.9 Å². The van der Waals surface area contributed by atoms with Crippen LogP contribution in [0.3, 0.4) is 0 Å². The summed E-state index contributed by atoms with van der Waals surface area (Å²) in [5, 5.41) is 9.31. The van der Waals surface area contributed by atoms with Crippen LogP contribution in [0.15, 0.2) is 45.6 Å². The number of aromatic hydroxyl groups is 1. The molecule has 7 heteroatoms. The maximum atomic E-state index is 11.1. The molecule has 0 saturated carbocycles. The molecule has 0 saturated heterocycles. The molecule has 0 amide bonds. The number of phenols is 1. The third kappa shape index (κ3) is 13.6. The van der Waals surface area contributed by atoms with Gasteiger partial charge in [0.15, 0.2) is 16.8 Å². The van der Waals surface area contributed by atoms with Crippen molar-refractivity contribution in [1.82, 2.24) is 4.98 Å². The van der Waals surface area contributed by atoms with Crippen LogP contribution in [0.2, 0.25) is 0 Å². The summed E-state index contributed by atoms with van der Waals surface area (Å²) in [5.74, 6) is 0.529. The summed E-state index contributed by atoms with van der Waals surface area (Å²) in [6, 6.07) is 9.12. The molecular formula is C30H45NO6. The van der Waals surface area contributed by atoms with Crippen molar-refractivity contribution < 1.29 is 23.7 Å². The van der Waals surface area contributed by atoms with Crippen molar-refractivity contribution in [2.45, 2.75) is 90.9 Å². The minimum absolute atomic E-state index is 0.107. The van der Waals surface area contributed by atoms with Gasteiger partial charge in [-0.2, -0.15) is 0 Å². The van der Waals surface area contributed by atoms with Gasteiger partial charge < -0.3 is 23.7 Å². The zero-order valence-corrected chi connectivity index (χ0v) is 22.7. The highest BCUT2D eigenvalue weighted by molar-refractivity contribution is 5.77. The zero-order valence-electron chi connectivity index (χ0n) is 22.7. The molecule has 7 nitrogen and oxygen atoms in total. The molecule has 0 spiro atoms. The van der Waals surface area contributed by atoms with Crippen molar-refractivity contribution in [2.24, 2.45) is 0 Å². The summed E-state index contributed by atoms with van der Waals surface area (Å²) in [6.07, 6.45) is 15.6. The maximum absolute atomic E-state index is 11.1. The van der Waals surface area contributed by atoms with Gasteiger partial charge in [0.25, 0.3) is 0 Å². The Hall–Kier alpha value is -2.48. The van der Waals surface area contributed by atoms with Gasteiger partial charge in [-0.15, -0.1) is 0 Å². The number of hydrogen-bond donors (Lipinski definition) is 1. The zero-order chi connectivity index (χ0) is 26.6. The molecule has 1 aliphatic heterocycles. The summed E-state index contributed by atoms with van der Waals surface area (Å²) in [6.45, 7) is 6.84. The minimum atomic E-state index is -0.127. The summed E-state index contributed by atoms with van der Waals surface area (Å²) >= 11 is 0. The third-order valence-corrected chi connectivity index (χ3v) is 5.95. The fourth-order valence-electron chi connectivity index (χ4n) is 3.83. The normalized spacial score (nSPS) is 11.1. The first-order valence-electron chi connectivity index (χ1n) is 13.9. The molecule has 2 aliphatic rings. The van der Waals surface area contributed by atoms with Gasteiger partial charge in [-0.25, -0.2) is 4.98 Å². The standard InChI is InChI=1S/C18H38O3.C12H7NO3/c1-3-5-7-9-11-13-15-19-17-21-18-20-16-14-12-10-8-6-4-2;14-7-1-3-9-11(5-7)16-12-6-8(15)2-4-10(12)13-9/h3-18H2,1-2H3;1-6,14H. The number of unbranched alkanes of at least 4 members (excludes halogenated alkanes) is 10. The predicted molar refractivity (Wildman–Crippen MR) is 148 cm³/mol. The topological polar surface area (TPSA) is 91.0 Å². The van der Waals surface area contributed by atoms with Crippen LogP contribution in [0.4, 0.5) is 0 Å². The highest BCUT2D eigenvalue weighted by atomic mass is 16.7. The molecule has 3 rings (SSSR count). The number of phenolic OH excluding ortho intramolecular Hbond substituents is 1. The van der Waals surface area contributed by atoms with Crippen LogP contribution in [0.25, 0.3) is 22.6 Å². The smallest absolute Gasteiger partial charge is 0.182 e. The van der Waals surface area contributed by atoms with E-state index in [1.807, 2.05) is 0 Å². The van der Waals surface area contributed by atoms with Gasteiger partial charge >= 0.3 is 0 Å². The molecule has 206 valence electrons. The van der Waals surface area contributed by atoms with E-state index in [1.54, 1.807) is 18.2 Å². The average Bonchev–Trinajstić information content (AvgIpc) is 2.89. The molecule has 0 aromatic heterocycles. The van der Waals surface area contributed by atoms with Gasteiger partial charge in [-0.3, -0.25) is 4.79 Å². The number of fused-ring (bicyclic) bond motifs is 2. The molecule has 0 bridgehead atoms. The molecule has 0 radical (unpaired) electrons. The van der Waals surface area contributed by atoms with Gasteiger partial charge in [0, 0.05) is 25.3 Å². The lowest BCUT2D eigenvalue weighted by atomic mass is 10.1. The monoisotopic (exact) mass is 515 g/mol. The van der Waals surface area contributed by atoms with E-state index in [0.717, 1.165) is 26.1 Å². The number of hydrogen-bond acceptors (Lipinski definition) is 7. The number of nitrogens with zero attached hydrogens (tertiary/aromatic N) is 1. The lowest BCUT2D eigenvalue weighted by Gasteiger charge is -2.07. The summed E-state index contributed by atoms with van der Waals surface area (Å²) in [5.41, 5.74) is 1.59. The Kier molecular flexibility index (Phi) is 16.3. The Bertz CT molecular complexity index is 987. The Morgan fingerprint density at radius 2 is 1.32 bits per heavy atom. The predicted octanol–water partition coefficient (Wildman–Crippen LogP) is 7.67. The Morgan fingerprint density at radius 1 is 0.730 bits per heavy atom. The third-order valence-electron chi connectivity index (χ3n) is 5.95. The number of benzene rings is 2. The second kappa shape index (κ2) is 19.6. The largest absolute Gasteiger partial charge is 0.508 e. The summed E-state index contributed by atoms with van der Waals surface area (Å²) in [4.78, 5) is 15.5. The van der Waals surface area contributed by atoms with Crippen LogP contribution < -0.4 is 5.43 Å². The quantitative estimate of drug-likeness (QED) is 0.106. The van der Waals surface area contributed by atoms with E-state index in [0.29, 0.717) is 36.1 Å². The molecule has 37 heavy (non-hydrogen) atoms. The molecule has 0 unspecified atom stereocenters. The lowest BCUT2D eigenvalue weighted by molar-refractivity contribution is -0.131. The van der Waals surface area contributed by atoms with Gasteiger partial charge in [0.2, 0.25) is 0 Å². The van der Waals surface area contributed by atoms with Crippen molar-refractivity contribution in [3.8, 4) is 17.2 Å². The number of aromatic nitrogens is 1. The van der Waals surface area contributed by atoms with Crippen LogP contribution in [0, 0.1) is 0 Å². The van der Waals surface area contributed by atoms with E-state index in [2.05, 4.69) is 18.8 Å². The Labute approximate surface area is 221 Å². The second-order valence-corrected chi connectivity index (χ2v) is 9.29. The first-order chi connectivity index (χ1) is 18.1. The van der Waals surface area contributed by atoms with E-state index < -0.39 is 0 Å². The first-order valence-corrected chi connectivity index (χ1v) is 13.9. The highest BCUT2D eigenvalue weighted by Crippen LogP contribution is 2.25. The van der Waals surface area contributed by atoms with Crippen LogP contribution in [-0.2, 0) is 14.2 Å². The molecule has 1 aliphatic carbocycles. The van der Waals surface area contributed by atoms with Gasteiger partial charge in [-0.05, 0) is 37.1 Å². The molecule has 1 aromatic rings. The van der Waals surface area contributed by atoms with Gasteiger partial charge in [-0.1, -0.05) is 78.1 Å². The van der Waals surface area contributed by atoms with Crippen molar-refractivity contribution in [3.05, 3.63) is 46.6 Å². The van der Waals surface area contributed by atoms with Crippen LogP contribution in [-0.4, -0.2) is 36.9 Å². The fourth-order valence-corrected chi connectivity index (χ4v) is 3.83. The maximum Gasteiger partial charge on any atom is 0.182 e. The van der Waals surface area contributed by atoms with Crippen LogP contribution in [0.5, 0.6) is 5.75 Å². The van der Waals surface area contributed by atoms with E-state index in [9.17, 15) is 9.90 Å². The van der Waals surface area contributed by atoms with Crippen molar-refractivity contribution in [2.75, 3.05) is 26.8 Å². The van der Waals surface area contributed by atoms with Gasteiger partial charge in [0.05, 0.1) is 0 Å². The second-order valence-electron chi connectivity index (χ2n) is 9.29. The molecule has 1 N–H and O–H groups in total. The van der Waals surface area contributed by atoms with Crippen LogP contribution >= 0.6 is 0 Å². The fraction of sp³-hybridized carbons (Fsp3) is 0.600. The van der Waals surface area contributed by atoms with E-state index in [-0.39, 0.29) is 11.2 Å². The molecule has 1 heterocycles. The van der Waals surface area contributed by atoms with Crippen molar-refractivity contribution in [3.63, 3.8) is 0 Å². The summed E-state index contributed by atoms with van der Waals surface area (Å²) in [7, 11) is 0. The van der Waals surface area contributed by atoms with E-state index >= 15 is 0 Å². The van der Waals surface area contributed by atoms with Crippen molar-refractivity contribution in [1.29, 1.82) is 0 Å². The molecule has 1 aromatic carbocycles. The summed E-state index contributed by atoms with van der Waals surface area (Å²) < 4.78 is 21.6. The first kappa shape index (κ1) is 30.7. The number of rotatable bonds is 18. The van der Waals surface area contributed by atoms with Crippen molar-refractivity contribution >= 4 is 11.1 Å². The number of ether oxygens (including phenoxy) is 3. The molecular weight excluding hydrogens is 470 g/mol. The Balaban J connectivity index is 0.000000267.